The summed E-state index contributed by atoms with van der Waals surface area (Å²) in [5, 5.41) is 6.18. The molecule has 5 nitrogen and oxygen atoms in total. The Morgan fingerprint density at radius 3 is 2.83 bits per heavy atom. The van der Waals surface area contributed by atoms with E-state index in [1.165, 1.54) is 18.9 Å². The number of benzene rings is 1. The van der Waals surface area contributed by atoms with Crippen LogP contribution in [0.5, 0.6) is 0 Å². The van der Waals surface area contributed by atoms with Crippen molar-refractivity contribution in [3.8, 4) is 0 Å². The van der Waals surface area contributed by atoms with Gasteiger partial charge in [0.25, 0.3) is 0 Å². The average molecular weight is 335 g/mol. The zero-order valence-electron chi connectivity index (χ0n) is 14.0. The first-order valence-corrected chi connectivity index (χ1v) is 8.77. The minimum absolute atomic E-state index is 0.00897. The number of carbonyl (C=O) groups is 1. The molecule has 2 N–H and O–H groups in total. The van der Waals surface area contributed by atoms with E-state index in [0.29, 0.717) is 26.3 Å². The lowest BCUT2D eigenvalue weighted by molar-refractivity contribution is -0.120. The first-order chi connectivity index (χ1) is 11.7. The van der Waals surface area contributed by atoms with Gasteiger partial charge in [0.05, 0.1) is 25.8 Å². The highest BCUT2D eigenvalue weighted by atomic mass is 19.1. The Bertz CT molecular complexity index is 545. The summed E-state index contributed by atoms with van der Waals surface area (Å²) in [5.74, 6) is 0.500. The summed E-state index contributed by atoms with van der Waals surface area (Å²) in [4.78, 5) is 14.3. The fourth-order valence-electron chi connectivity index (χ4n) is 3.05. The molecule has 1 aliphatic carbocycles. The third-order valence-electron chi connectivity index (χ3n) is 4.63. The van der Waals surface area contributed by atoms with Gasteiger partial charge < -0.3 is 15.4 Å². The van der Waals surface area contributed by atoms with E-state index in [9.17, 15) is 9.18 Å². The number of nitrogens with zero attached hydrogens (tertiary/aromatic N) is 1. The highest BCUT2D eigenvalue weighted by molar-refractivity contribution is 5.78. The first kappa shape index (κ1) is 17.3. The molecule has 1 unspecified atom stereocenters. The predicted molar refractivity (Wildman–Crippen MR) is 90.1 cm³/mol. The van der Waals surface area contributed by atoms with Crippen LogP contribution >= 0.6 is 0 Å². The van der Waals surface area contributed by atoms with Crippen molar-refractivity contribution in [3.63, 3.8) is 0 Å². The van der Waals surface area contributed by atoms with Gasteiger partial charge in [-0.25, -0.2) is 4.39 Å². The molecule has 1 aromatic carbocycles. The molecule has 1 saturated heterocycles. The second kappa shape index (κ2) is 8.55. The molecule has 0 aromatic heterocycles. The molecule has 0 spiro atoms. The summed E-state index contributed by atoms with van der Waals surface area (Å²) in [5.41, 5.74) is 0.892. The Balaban J connectivity index is 1.55. The lowest BCUT2D eigenvalue weighted by atomic mass is 10.0. The maximum absolute atomic E-state index is 13.6. The van der Waals surface area contributed by atoms with Crippen molar-refractivity contribution in [3.05, 3.63) is 35.6 Å². The monoisotopic (exact) mass is 335 g/mol. The Hall–Kier alpha value is -1.50. The van der Waals surface area contributed by atoms with Gasteiger partial charge in [-0.15, -0.1) is 0 Å². The minimum Gasteiger partial charge on any atom is -0.379 e. The van der Waals surface area contributed by atoms with Gasteiger partial charge in [0.2, 0.25) is 5.91 Å². The number of nitrogens with one attached hydrogen (secondary N) is 2. The molecular formula is C18H26FN3O2. The number of hydrogen-bond acceptors (Lipinski definition) is 4. The Labute approximate surface area is 142 Å². The zero-order valence-corrected chi connectivity index (χ0v) is 14.0. The summed E-state index contributed by atoms with van der Waals surface area (Å²) in [6, 6.07) is 6.60. The van der Waals surface area contributed by atoms with Crippen LogP contribution in [0.25, 0.3) is 0 Å². The number of rotatable bonds is 8. The maximum Gasteiger partial charge on any atom is 0.234 e. The molecule has 1 atom stereocenters. The van der Waals surface area contributed by atoms with Crippen molar-refractivity contribution < 1.29 is 13.9 Å². The quantitative estimate of drug-likeness (QED) is 0.752. The van der Waals surface area contributed by atoms with Crippen molar-refractivity contribution in [2.24, 2.45) is 5.92 Å². The molecule has 0 radical (unpaired) electrons. The van der Waals surface area contributed by atoms with Crippen molar-refractivity contribution in [1.82, 2.24) is 15.5 Å². The van der Waals surface area contributed by atoms with Crippen LogP contribution < -0.4 is 10.6 Å². The van der Waals surface area contributed by atoms with Crippen LogP contribution in [0.1, 0.15) is 24.4 Å². The van der Waals surface area contributed by atoms with Crippen LogP contribution in [0.3, 0.4) is 0 Å². The predicted octanol–water partition coefficient (Wildman–Crippen LogP) is 1.31. The third kappa shape index (κ3) is 5.26. The SMILES string of the molecule is O=C(CNCC1CC1)NCC(c1cccc(F)c1)N1CCOCC1. The summed E-state index contributed by atoms with van der Waals surface area (Å²) in [6.45, 7) is 4.66. The Morgan fingerprint density at radius 1 is 1.33 bits per heavy atom. The molecule has 2 aliphatic rings. The normalized spacial score (nSPS) is 19.9. The number of halogens is 1. The largest absolute Gasteiger partial charge is 0.379 e. The molecule has 1 amide bonds. The van der Waals surface area contributed by atoms with E-state index in [1.54, 1.807) is 12.1 Å². The molecule has 6 heteroatoms. The van der Waals surface area contributed by atoms with E-state index in [1.807, 2.05) is 6.07 Å². The van der Waals surface area contributed by atoms with Crippen LogP contribution in [-0.4, -0.2) is 56.7 Å². The van der Waals surface area contributed by atoms with E-state index in [0.717, 1.165) is 31.1 Å². The molecule has 2 fully saturated rings. The lowest BCUT2D eigenvalue weighted by Gasteiger charge is -2.35. The van der Waals surface area contributed by atoms with E-state index in [-0.39, 0.29) is 17.8 Å². The van der Waals surface area contributed by atoms with Gasteiger partial charge in [-0.1, -0.05) is 12.1 Å². The molecule has 3 rings (SSSR count). The number of morpholine rings is 1. The van der Waals surface area contributed by atoms with Crippen molar-refractivity contribution in [1.29, 1.82) is 0 Å². The molecule has 1 aromatic rings. The van der Waals surface area contributed by atoms with Crippen LogP contribution in [-0.2, 0) is 9.53 Å². The maximum atomic E-state index is 13.6. The zero-order chi connectivity index (χ0) is 16.8. The minimum atomic E-state index is -0.247. The Kier molecular flexibility index (Phi) is 6.18. The van der Waals surface area contributed by atoms with Crippen LogP contribution in [0.15, 0.2) is 24.3 Å². The fourth-order valence-corrected chi connectivity index (χ4v) is 3.05. The second-order valence-corrected chi connectivity index (χ2v) is 6.60. The van der Waals surface area contributed by atoms with Crippen molar-refractivity contribution in [2.75, 3.05) is 45.9 Å². The number of amides is 1. The standard InChI is InChI=1S/C18H26FN3O2/c19-16-3-1-2-15(10-16)17(22-6-8-24-9-7-22)12-21-18(23)13-20-11-14-4-5-14/h1-3,10,14,17,20H,4-9,11-13H2,(H,21,23). The van der Waals surface area contributed by atoms with E-state index in [2.05, 4.69) is 15.5 Å². The highest BCUT2D eigenvalue weighted by Gasteiger charge is 2.24. The highest BCUT2D eigenvalue weighted by Crippen LogP contribution is 2.27. The smallest absolute Gasteiger partial charge is 0.234 e. The van der Waals surface area contributed by atoms with Gasteiger partial charge in [-0.2, -0.15) is 0 Å². The Morgan fingerprint density at radius 2 is 2.12 bits per heavy atom. The molecule has 1 heterocycles. The second-order valence-electron chi connectivity index (χ2n) is 6.60. The van der Waals surface area contributed by atoms with Gasteiger partial charge >= 0.3 is 0 Å². The van der Waals surface area contributed by atoms with Gasteiger partial charge in [0.1, 0.15) is 5.82 Å². The number of hydrogen-bond donors (Lipinski definition) is 2. The third-order valence-corrected chi connectivity index (χ3v) is 4.63. The average Bonchev–Trinajstić information content (AvgIpc) is 3.40. The number of ether oxygens (including phenoxy) is 1. The molecule has 1 saturated carbocycles. The van der Waals surface area contributed by atoms with Crippen molar-refractivity contribution in [2.45, 2.75) is 18.9 Å². The van der Waals surface area contributed by atoms with Crippen LogP contribution in [0.2, 0.25) is 0 Å². The van der Waals surface area contributed by atoms with Crippen molar-refractivity contribution >= 4 is 5.91 Å². The molecule has 0 bridgehead atoms. The summed E-state index contributed by atoms with van der Waals surface area (Å²) >= 11 is 0. The van der Waals surface area contributed by atoms with Gasteiger partial charge in [-0.05, 0) is 43.0 Å². The summed E-state index contributed by atoms with van der Waals surface area (Å²) in [6.07, 6.45) is 2.54. The first-order valence-electron chi connectivity index (χ1n) is 8.77. The van der Waals surface area contributed by atoms with Gasteiger partial charge in [-0.3, -0.25) is 9.69 Å². The molecule has 132 valence electrons. The topological polar surface area (TPSA) is 53.6 Å². The van der Waals surface area contributed by atoms with Gasteiger partial charge in [0, 0.05) is 19.6 Å². The molecular weight excluding hydrogens is 309 g/mol. The lowest BCUT2D eigenvalue weighted by Crippen LogP contribution is -2.45. The van der Waals surface area contributed by atoms with E-state index in [4.69, 9.17) is 4.74 Å². The van der Waals surface area contributed by atoms with Crippen LogP contribution in [0.4, 0.5) is 4.39 Å². The fraction of sp³-hybridized carbons (Fsp3) is 0.611. The number of carbonyl (C=O) groups excluding carboxylic acids is 1. The molecule has 1 aliphatic heterocycles. The summed E-state index contributed by atoms with van der Waals surface area (Å²) in [7, 11) is 0. The summed E-state index contributed by atoms with van der Waals surface area (Å²) < 4.78 is 19.0. The molecule has 24 heavy (non-hydrogen) atoms. The van der Waals surface area contributed by atoms with E-state index >= 15 is 0 Å². The van der Waals surface area contributed by atoms with Gasteiger partial charge in [0.15, 0.2) is 0 Å². The van der Waals surface area contributed by atoms with Crippen LogP contribution in [0, 0.1) is 11.7 Å². The van der Waals surface area contributed by atoms with E-state index < -0.39 is 0 Å².